The van der Waals surface area contributed by atoms with Gasteiger partial charge in [0.15, 0.2) is 0 Å². The Kier molecular flexibility index (Phi) is 4.32. The van der Waals surface area contributed by atoms with Crippen LogP contribution in [0.1, 0.15) is 60.2 Å². The fraction of sp³-hybridized carbons (Fsp3) is 0.333. The zero-order chi connectivity index (χ0) is 21.1. The third-order valence-electron chi connectivity index (χ3n) is 6.68. The number of hydrogen-bond acceptors (Lipinski definition) is 3. The van der Waals surface area contributed by atoms with Crippen LogP contribution in [0.15, 0.2) is 66.7 Å². The first-order valence-electron chi connectivity index (χ1n) is 10.7. The summed E-state index contributed by atoms with van der Waals surface area (Å²) >= 11 is 0. The molecule has 2 atom stereocenters. The molecule has 0 amide bonds. The van der Waals surface area contributed by atoms with Crippen LogP contribution in [0.5, 0.6) is 5.75 Å². The van der Waals surface area contributed by atoms with Crippen molar-refractivity contribution >= 4 is 0 Å². The molecule has 0 saturated carbocycles. The largest absolute Gasteiger partial charge is 0.496 e. The number of hydrogen-bond donors (Lipinski definition) is 1. The first-order chi connectivity index (χ1) is 14.4. The van der Waals surface area contributed by atoms with E-state index < -0.39 is 5.60 Å². The summed E-state index contributed by atoms with van der Waals surface area (Å²) < 4.78 is 5.75. The average Bonchev–Trinajstić information content (AvgIpc) is 2.72. The smallest absolute Gasteiger partial charge is 0.138 e. The molecule has 3 aromatic rings. The Hall–Kier alpha value is -2.62. The Labute approximate surface area is 178 Å². The molecule has 2 unspecified atom stereocenters. The number of benzene rings is 3. The van der Waals surface area contributed by atoms with E-state index in [1.165, 1.54) is 22.3 Å². The molecule has 1 heterocycles. The molecule has 0 saturated heterocycles. The van der Waals surface area contributed by atoms with Crippen molar-refractivity contribution in [2.75, 3.05) is 7.11 Å². The van der Waals surface area contributed by atoms with E-state index in [-0.39, 0.29) is 11.5 Å². The van der Waals surface area contributed by atoms with Crippen molar-refractivity contribution in [3.8, 4) is 5.75 Å². The van der Waals surface area contributed by atoms with Crippen molar-refractivity contribution in [1.29, 1.82) is 0 Å². The van der Waals surface area contributed by atoms with Crippen LogP contribution in [0.3, 0.4) is 0 Å². The van der Waals surface area contributed by atoms with Crippen molar-refractivity contribution in [1.82, 2.24) is 4.90 Å². The molecule has 0 bridgehead atoms. The third-order valence-corrected chi connectivity index (χ3v) is 6.68. The van der Waals surface area contributed by atoms with E-state index in [9.17, 15) is 5.11 Å². The van der Waals surface area contributed by atoms with E-state index in [0.717, 1.165) is 30.0 Å². The predicted octanol–water partition coefficient (Wildman–Crippen LogP) is 5.30. The lowest BCUT2D eigenvalue weighted by molar-refractivity contribution is -0.0753. The SMILES string of the molecule is COc1ccc(C(C)(C)C)c2c1C1(O)c3ccccc3CN(Cc3ccccc3)C21. The molecular weight excluding hydrogens is 370 g/mol. The normalized spacial score (nSPS) is 22.5. The van der Waals surface area contributed by atoms with Gasteiger partial charge < -0.3 is 9.84 Å². The summed E-state index contributed by atoms with van der Waals surface area (Å²) in [5, 5.41) is 12.3. The molecule has 1 aliphatic heterocycles. The van der Waals surface area contributed by atoms with Crippen molar-refractivity contribution in [2.45, 2.75) is 50.9 Å². The van der Waals surface area contributed by atoms with Crippen LogP contribution in [0, 0.1) is 0 Å². The summed E-state index contributed by atoms with van der Waals surface area (Å²) in [6, 6.07) is 22.9. The Balaban J connectivity index is 1.74. The van der Waals surface area contributed by atoms with E-state index in [0.29, 0.717) is 0 Å². The highest BCUT2D eigenvalue weighted by Crippen LogP contribution is 2.63. The monoisotopic (exact) mass is 399 g/mol. The van der Waals surface area contributed by atoms with E-state index in [1.807, 2.05) is 18.2 Å². The molecule has 0 aromatic heterocycles. The van der Waals surface area contributed by atoms with Gasteiger partial charge in [-0.2, -0.15) is 0 Å². The molecule has 30 heavy (non-hydrogen) atoms. The fourth-order valence-electron chi connectivity index (χ4n) is 5.40. The summed E-state index contributed by atoms with van der Waals surface area (Å²) in [5.41, 5.74) is 5.82. The van der Waals surface area contributed by atoms with Crippen molar-refractivity contribution < 1.29 is 9.84 Å². The second-order valence-corrected chi connectivity index (χ2v) is 9.57. The third kappa shape index (κ3) is 2.65. The molecule has 0 fully saturated rings. The topological polar surface area (TPSA) is 32.7 Å². The molecule has 5 rings (SSSR count). The van der Waals surface area contributed by atoms with Gasteiger partial charge >= 0.3 is 0 Å². The number of fused-ring (bicyclic) bond motifs is 6. The lowest BCUT2D eigenvalue weighted by Crippen LogP contribution is -2.57. The quantitative estimate of drug-likeness (QED) is 0.649. The fourth-order valence-corrected chi connectivity index (χ4v) is 5.40. The maximum Gasteiger partial charge on any atom is 0.138 e. The first kappa shape index (κ1) is 19.3. The average molecular weight is 400 g/mol. The second kappa shape index (κ2) is 6.69. The molecule has 3 nitrogen and oxygen atoms in total. The van der Waals surface area contributed by atoms with E-state index in [1.54, 1.807) is 7.11 Å². The molecule has 0 spiro atoms. The van der Waals surface area contributed by atoms with Crippen molar-refractivity contribution in [3.63, 3.8) is 0 Å². The van der Waals surface area contributed by atoms with Crippen LogP contribution >= 0.6 is 0 Å². The Morgan fingerprint density at radius 1 is 1.00 bits per heavy atom. The van der Waals surface area contributed by atoms with Crippen LogP contribution in [0.4, 0.5) is 0 Å². The molecule has 154 valence electrons. The summed E-state index contributed by atoms with van der Waals surface area (Å²) in [5.74, 6) is 0.771. The van der Waals surface area contributed by atoms with Crippen molar-refractivity contribution in [3.05, 3.63) is 100 Å². The number of methoxy groups -OCH3 is 1. The van der Waals surface area contributed by atoms with E-state index in [4.69, 9.17) is 4.74 Å². The van der Waals surface area contributed by atoms with Crippen LogP contribution in [-0.2, 0) is 24.1 Å². The van der Waals surface area contributed by atoms with Gasteiger partial charge in [0.05, 0.1) is 13.2 Å². The molecular formula is C27H29NO2. The molecule has 0 radical (unpaired) electrons. The van der Waals surface area contributed by atoms with Gasteiger partial charge in [0.2, 0.25) is 0 Å². The standard InChI is InChI=1S/C27H29NO2/c1-26(2,3)21-14-15-22(30-4)24-23(21)25-27(24,29)20-13-9-8-12-19(20)17-28(25)16-18-10-6-5-7-11-18/h5-15,25,29H,16-17H2,1-4H3. The lowest BCUT2D eigenvalue weighted by atomic mass is 9.58. The minimum Gasteiger partial charge on any atom is -0.496 e. The minimum atomic E-state index is -1.06. The van der Waals surface area contributed by atoms with Gasteiger partial charge in [-0.25, -0.2) is 0 Å². The molecule has 1 aliphatic carbocycles. The van der Waals surface area contributed by atoms with Gasteiger partial charge in [-0.15, -0.1) is 0 Å². The Morgan fingerprint density at radius 2 is 1.70 bits per heavy atom. The highest BCUT2D eigenvalue weighted by atomic mass is 16.5. The van der Waals surface area contributed by atoms with Gasteiger partial charge in [-0.1, -0.05) is 81.4 Å². The Bertz CT molecular complexity index is 1100. The Morgan fingerprint density at radius 3 is 2.40 bits per heavy atom. The molecule has 1 N–H and O–H groups in total. The van der Waals surface area contributed by atoms with Gasteiger partial charge in [-0.05, 0) is 39.3 Å². The highest BCUT2D eigenvalue weighted by molar-refractivity contribution is 5.66. The maximum absolute atomic E-state index is 12.3. The second-order valence-electron chi connectivity index (χ2n) is 9.57. The van der Waals surface area contributed by atoms with E-state index in [2.05, 4.69) is 74.2 Å². The van der Waals surface area contributed by atoms with Gasteiger partial charge in [-0.3, -0.25) is 4.90 Å². The number of rotatable bonds is 3. The summed E-state index contributed by atoms with van der Waals surface area (Å²) in [4.78, 5) is 2.43. The summed E-state index contributed by atoms with van der Waals surface area (Å²) in [6.07, 6.45) is 0. The number of ether oxygens (including phenoxy) is 1. The van der Waals surface area contributed by atoms with Crippen LogP contribution in [-0.4, -0.2) is 17.1 Å². The minimum absolute atomic E-state index is 0.0208. The number of aliphatic hydroxyl groups is 1. The predicted molar refractivity (Wildman–Crippen MR) is 120 cm³/mol. The van der Waals surface area contributed by atoms with Crippen LogP contribution in [0.25, 0.3) is 0 Å². The maximum atomic E-state index is 12.3. The van der Waals surface area contributed by atoms with Gasteiger partial charge in [0.25, 0.3) is 0 Å². The van der Waals surface area contributed by atoms with Crippen molar-refractivity contribution in [2.24, 2.45) is 0 Å². The zero-order valence-electron chi connectivity index (χ0n) is 18.1. The number of nitrogens with zero attached hydrogens (tertiary/aromatic N) is 1. The molecule has 3 aromatic carbocycles. The highest BCUT2D eigenvalue weighted by Gasteiger charge is 2.60. The van der Waals surface area contributed by atoms with Crippen LogP contribution in [0.2, 0.25) is 0 Å². The van der Waals surface area contributed by atoms with Crippen LogP contribution < -0.4 is 4.74 Å². The summed E-state index contributed by atoms with van der Waals surface area (Å²) in [6.45, 7) is 8.33. The van der Waals surface area contributed by atoms with Gasteiger partial charge in [0.1, 0.15) is 11.4 Å². The van der Waals surface area contributed by atoms with E-state index >= 15 is 0 Å². The summed E-state index contributed by atoms with van der Waals surface area (Å²) in [7, 11) is 1.69. The molecule has 3 heteroatoms. The molecule has 2 aliphatic rings. The lowest BCUT2D eigenvalue weighted by Gasteiger charge is -2.57. The first-order valence-corrected chi connectivity index (χ1v) is 10.7. The van der Waals surface area contributed by atoms with Gasteiger partial charge in [0, 0.05) is 18.7 Å². The zero-order valence-corrected chi connectivity index (χ0v) is 18.1.